The molecule has 1 aromatic rings. The average molecular weight is 288 g/mol. The highest BCUT2D eigenvalue weighted by molar-refractivity contribution is 9.11. The van der Waals surface area contributed by atoms with Gasteiger partial charge in [-0.3, -0.25) is 0 Å². The van der Waals surface area contributed by atoms with E-state index in [2.05, 4.69) is 40.3 Å². The minimum atomic E-state index is 0.606. The lowest BCUT2D eigenvalue weighted by atomic mass is 9.79. The van der Waals surface area contributed by atoms with Crippen molar-refractivity contribution in [1.29, 1.82) is 0 Å². The molecule has 1 nitrogen and oxygen atoms in total. The maximum absolute atomic E-state index is 3.69. The van der Waals surface area contributed by atoms with E-state index in [0.29, 0.717) is 6.04 Å². The number of rotatable bonds is 5. The predicted molar refractivity (Wildman–Crippen MR) is 70.4 cm³/mol. The molecule has 0 amide bonds. The van der Waals surface area contributed by atoms with Crippen LogP contribution in [0.1, 0.15) is 43.5 Å². The summed E-state index contributed by atoms with van der Waals surface area (Å²) >= 11 is 5.43. The van der Waals surface area contributed by atoms with E-state index in [4.69, 9.17) is 0 Å². The van der Waals surface area contributed by atoms with Crippen LogP contribution in [0, 0.1) is 5.92 Å². The van der Waals surface area contributed by atoms with Gasteiger partial charge in [0.2, 0.25) is 0 Å². The fourth-order valence-corrected chi connectivity index (χ4v) is 3.66. The van der Waals surface area contributed by atoms with Crippen molar-refractivity contribution in [2.24, 2.45) is 5.92 Å². The molecule has 1 heterocycles. The normalized spacial score (nSPS) is 18.8. The van der Waals surface area contributed by atoms with Gasteiger partial charge in [-0.25, -0.2) is 0 Å². The average Bonchev–Trinajstić information content (AvgIpc) is 2.56. The molecule has 0 spiro atoms. The van der Waals surface area contributed by atoms with Gasteiger partial charge in [0.1, 0.15) is 0 Å². The van der Waals surface area contributed by atoms with Crippen molar-refractivity contribution in [1.82, 2.24) is 5.32 Å². The van der Waals surface area contributed by atoms with Gasteiger partial charge >= 0.3 is 0 Å². The molecule has 1 N–H and O–H groups in total. The second-order valence-corrected chi connectivity index (χ2v) is 6.76. The summed E-state index contributed by atoms with van der Waals surface area (Å²) in [5, 5.41) is 3.69. The monoisotopic (exact) mass is 287 g/mol. The quantitative estimate of drug-likeness (QED) is 0.849. The molecule has 1 saturated carbocycles. The molecule has 1 aliphatic rings. The van der Waals surface area contributed by atoms with E-state index in [9.17, 15) is 0 Å². The molecule has 1 fully saturated rings. The SMILES string of the molecule is CCCNC(c1ccc(Br)s1)C1CCC1. The van der Waals surface area contributed by atoms with E-state index in [-0.39, 0.29) is 0 Å². The Morgan fingerprint density at radius 1 is 1.53 bits per heavy atom. The van der Waals surface area contributed by atoms with E-state index < -0.39 is 0 Å². The summed E-state index contributed by atoms with van der Waals surface area (Å²) in [6.07, 6.45) is 5.44. The molecule has 1 aliphatic carbocycles. The molecule has 0 bridgehead atoms. The molecular weight excluding hydrogens is 270 g/mol. The third-order valence-corrected chi connectivity index (χ3v) is 4.84. The minimum Gasteiger partial charge on any atom is -0.309 e. The second-order valence-electron chi connectivity index (χ2n) is 4.26. The van der Waals surface area contributed by atoms with Gasteiger partial charge in [0.25, 0.3) is 0 Å². The highest BCUT2D eigenvalue weighted by Crippen LogP contribution is 2.40. The van der Waals surface area contributed by atoms with Crippen molar-refractivity contribution < 1.29 is 0 Å². The maximum atomic E-state index is 3.69. The molecule has 2 rings (SSSR count). The van der Waals surface area contributed by atoms with Crippen LogP contribution in [0.15, 0.2) is 15.9 Å². The highest BCUT2D eigenvalue weighted by Gasteiger charge is 2.28. The van der Waals surface area contributed by atoms with Gasteiger partial charge in [-0.05, 0) is 59.8 Å². The van der Waals surface area contributed by atoms with Gasteiger partial charge in [-0.1, -0.05) is 13.3 Å². The van der Waals surface area contributed by atoms with E-state index in [0.717, 1.165) is 12.5 Å². The molecule has 1 unspecified atom stereocenters. The van der Waals surface area contributed by atoms with Crippen LogP contribution in [0.25, 0.3) is 0 Å². The van der Waals surface area contributed by atoms with Crippen LogP contribution in [0.2, 0.25) is 0 Å². The zero-order valence-electron chi connectivity index (χ0n) is 9.13. The van der Waals surface area contributed by atoms with E-state index in [1.165, 1.54) is 34.3 Å². The first-order chi connectivity index (χ1) is 7.31. The number of hydrogen-bond donors (Lipinski definition) is 1. The fraction of sp³-hybridized carbons (Fsp3) is 0.667. The van der Waals surface area contributed by atoms with E-state index >= 15 is 0 Å². The first-order valence-electron chi connectivity index (χ1n) is 5.80. The van der Waals surface area contributed by atoms with Crippen molar-refractivity contribution in [3.8, 4) is 0 Å². The number of thiophene rings is 1. The molecule has 0 aromatic carbocycles. The largest absolute Gasteiger partial charge is 0.309 e. The number of hydrogen-bond acceptors (Lipinski definition) is 2. The third-order valence-electron chi connectivity index (χ3n) is 3.14. The highest BCUT2D eigenvalue weighted by atomic mass is 79.9. The summed E-state index contributed by atoms with van der Waals surface area (Å²) in [6, 6.07) is 5.04. The van der Waals surface area contributed by atoms with E-state index in [1.807, 2.05) is 11.3 Å². The van der Waals surface area contributed by atoms with E-state index in [1.54, 1.807) is 0 Å². The lowest BCUT2D eigenvalue weighted by Gasteiger charge is -2.34. The summed E-state index contributed by atoms with van der Waals surface area (Å²) in [5.74, 6) is 0.877. The molecule has 1 atom stereocenters. The minimum absolute atomic E-state index is 0.606. The maximum Gasteiger partial charge on any atom is 0.0701 e. The van der Waals surface area contributed by atoms with Gasteiger partial charge in [0.15, 0.2) is 0 Å². The molecule has 1 aromatic heterocycles. The summed E-state index contributed by atoms with van der Waals surface area (Å²) in [6.45, 7) is 3.37. The van der Waals surface area contributed by atoms with Crippen LogP contribution in [0.4, 0.5) is 0 Å². The summed E-state index contributed by atoms with van der Waals surface area (Å²) in [7, 11) is 0. The van der Waals surface area contributed by atoms with Gasteiger partial charge < -0.3 is 5.32 Å². The Bertz CT molecular complexity index is 306. The molecule has 84 valence electrons. The Hall–Kier alpha value is 0.140. The lowest BCUT2D eigenvalue weighted by Crippen LogP contribution is -2.32. The van der Waals surface area contributed by atoms with Crippen LogP contribution in [-0.4, -0.2) is 6.54 Å². The molecule has 15 heavy (non-hydrogen) atoms. The van der Waals surface area contributed by atoms with Crippen molar-refractivity contribution in [3.63, 3.8) is 0 Å². The van der Waals surface area contributed by atoms with Gasteiger partial charge in [0.05, 0.1) is 3.79 Å². The standard InChI is InChI=1S/C12H18BrNS/c1-2-8-14-12(9-4-3-5-9)10-6-7-11(13)15-10/h6-7,9,12,14H,2-5,8H2,1H3. The Morgan fingerprint density at radius 2 is 2.33 bits per heavy atom. The summed E-state index contributed by atoms with van der Waals surface area (Å²) in [4.78, 5) is 1.50. The summed E-state index contributed by atoms with van der Waals surface area (Å²) < 4.78 is 1.25. The first kappa shape index (κ1) is 11.6. The molecule has 0 saturated heterocycles. The zero-order valence-corrected chi connectivity index (χ0v) is 11.5. The van der Waals surface area contributed by atoms with Gasteiger partial charge in [0, 0.05) is 10.9 Å². The first-order valence-corrected chi connectivity index (χ1v) is 7.41. The second kappa shape index (κ2) is 5.46. The van der Waals surface area contributed by atoms with Crippen LogP contribution < -0.4 is 5.32 Å². The number of nitrogens with one attached hydrogen (secondary N) is 1. The summed E-state index contributed by atoms with van der Waals surface area (Å²) in [5.41, 5.74) is 0. The Balaban J connectivity index is 2.03. The smallest absolute Gasteiger partial charge is 0.0701 e. The Kier molecular flexibility index (Phi) is 4.23. The van der Waals surface area contributed by atoms with Crippen LogP contribution in [0.3, 0.4) is 0 Å². The third kappa shape index (κ3) is 2.83. The molecule has 3 heteroatoms. The Labute approximate surface area is 104 Å². The van der Waals surface area contributed by atoms with Gasteiger partial charge in [-0.2, -0.15) is 0 Å². The van der Waals surface area contributed by atoms with Crippen molar-refractivity contribution in [3.05, 3.63) is 20.8 Å². The number of halogens is 1. The molecular formula is C12H18BrNS. The van der Waals surface area contributed by atoms with Crippen LogP contribution in [-0.2, 0) is 0 Å². The van der Waals surface area contributed by atoms with Crippen LogP contribution >= 0.6 is 27.3 Å². The topological polar surface area (TPSA) is 12.0 Å². The zero-order chi connectivity index (χ0) is 10.7. The molecule has 0 radical (unpaired) electrons. The molecule has 0 aliphatic heterocycles. The Morgan fingerprint density at radius 3 is 2.80 bits per heavy atom. The van der Waals surface area contributed by atoms with Crippen molar-refractivity contribution >= 4 is 27.3 Å². The fourth-order valence-electron chi connectivity index (χ4n) is 2.07. The van der Waals surface area contributed by atoms with Crippen LogP contribution in [0.5, 0.6) is 0 Å². The van der Waals surface area contributed by atoms with Crippen molar-refractivity contribution in [2.75, 3.05) is 6.54 Å². The lowest BCUT2D eigenvalue weighted by molar-refractivity contribution is 0.234. The van der Waals surface area contributed by atoms with Crippen molar-refractivity contribution in [2.45, 2.75) is 38.6 Å². The van der Waals surface area contributed by atoms with Gasteiger partial charge in [-0.15, -0.1) is 11.3 Å². The predicted octanol–water partition coefficient (Wildman–Crippen LogP) is 4.35.